The van der Waals surface area contributed by atoms with Gasteiger partial charge in [-0.15, -0.1) is 11.3 Å². The fourth-order valence-electron chi connectivity index (χ4n) is 3.22. The number of amides is 2. The second-order valence-corrected chi connectivity index (χ2v) is 7.73. The summed E-state index contributed by atoms with van der Waals surface area (Å²) < 4.78 is 10.4. The number of nitrogens with zero attached hydrogens (tertiary/aromatic N) is 1. The Morgan fingerprint density at radius 3 is 2.64 bits per heavy atom. The third-order valence-electron chi connectivity index (χ3n) is 4.62. The summed E-state index contributed by atoms with van der Waals surface area (Å²) in [7, 11) is 0. The van der Waals surface area contributed by atoms with E-state index in [1.54, 1.807) is 31.4 Å². The van der Waals surface area contributed by atoms with Gasteiger partial charge in [0, 0.05) is 17.5 Å². The molecule has 0 spiro atoms. The van der Waals surface area contributed by atoms with Crippen LogP contribution in [0.15, 0.2) is 47.0 Å². The number of carbonyl (C=O) groups is 3. The van der Waals surface area contributed by atoms with E-state index >= 15 is 0 Å². The van der Waals surface area contributed by atoms with Crippen molar-refractivity contribution in [3.05, 3.63) is 67.5 Å². The largest absolute Gasteiger partial charge is 0.463 e. The molecule has 0 saturated heterocycles. The number of benzene rings is 1. The maximum Gasteiger partial charge on any atom is 0.338 e. The van der Waals surface area contributed by atoms with Gasteiger partial charge in [-0.25, -0.2) is 14.4 Å². The topological polar surface area (TPSA) is 149 Å². The van der Waals surface area contributed by atoms with Gasteiger partial charge in [0.05, 0.1) is 34.4 Å². The van der Waals surface area contributed by atoms with E-state index in [2.05, 4.69) is 16.0 Å². The Balaban J connectivity index is 1.88. The van der Waals surface area contributed by atoms with Crippen LogP contribution in [-0.4, -0.2) is 42.7 Å². The number of ether oxygens (including phenoxy) is 2. The third-order valence-corrected chi connectivity index (χ3v) is 5.56. The molecule has 0 fully saturated rings. The Morgan fingerprint density at radius 2 is 2.00 bits per heavy atom. The number of anilines is 1. The highest BCUT2D eigenvalue weighted by Crippen LogP contribution is 2.31. The molecule has 0 aliphatic carbocycles. The standard InChI is InChI=1S/C21H22N4O7S/c1-3-22-13-8-7-12(10-15(13)25(29)30)19(26)32-11-14-17(20(27)31-4-2)18(24-21(28)23-14)16-6-5-9-33-16/h5-10,18,22H,3-4,11H2,1-2H3,(H2,23,24,28)/t18-/m0/s1. The van der Waals surface area contributed by atoms with Crippen molar-refractivity contribution in [2.24, 2.45) is 0 Å². The van der Waals surface area contributed by atoms with Crippen molar-refractivity contribution in [2.45, 2.75) is 19.9 Å². The van der Waals surface area contributed by atoms with Gasteiger partial charge in [-0.1, -0.05) is 6.07 Å². The van der Waals surface area contributed by atoms with Crippen molar-refractivity contribution in [1.29, 1.82) is 0 Å². The number of urea groups is 1. The molecular weight excluding hydrogens is 452 g/mol. The molecule has 1 aromatic heterocycles. The van der Waals surface area contributed by atoms with Crippen LogP contribution in [0, 0.1) is 10.1 Å². The number of esters is 2. The lowest BCUT2D eigenvalue weighted by Gasteiger charge is -2.28. The van der Waals surface area contributed by atoms with E-state index in [0.717, 1.165) is 6.07 Å². The first kappa shape index (κ1) is 23.7. The fraction of sp³-hybridized carbons (Fsp3) is 0.286. The summed E-state index contributed by atoms with van der Waals surface area (Å²) in [4.78, 5) is 48.9. The lowest BCUT2D eigenvalue weighted by atomic mass is 10.0. The third kappa shape index (κ3) is 5.47. The number of nitro benzene ring substituents is 1. The minimum atomic E-state index is -0.850. The molecule has 0 radical (unpaired) electrons. The Bertz CT molecular complexity index is 1100. The van der Waals surface area contributed by atoms with Gasteiger partial charge in [-0.2, -0.15) is 0 Å². The molecule has 33 heavy (non-hydrogen) atoms. The zero-order valence-corrected chi connectivity index (χ0v) is 18.7. The minimum absolute atomic E-state index is 0.0447. The first-order chi connectivity index (χ1) is 15.8. The first-order valence-electron chi connectivity index (χ1n) is 10.1. The van der Waals surface area contributed by atoms with E-state index < -0.39 is 35.5 Å². The summed E-state index contributed by atoms with van der Waals surface area (Å²) >= 11 is 1.34. The van der Waals surface area contributed by atoms with E-state index in [1.165, 1.54) is 23.5 Å². The van der Waals surface area contributed by atoms with Gasteiger partial charge < -0.3 is 25.4 Å². The highest BCUT2D eigenvalue weighted by atomic mass is 32.1. The Morgan fingerprint density at radius 1 is 1.21 bits per heavy atom. The SMILES string of the molecule is CCNc1ccc(C(=O)OCC2=C(C(=O)OCC)[C@H](c3cccs3)NC(=O)N2)cc1[N+](=O)[O-]. The van der Waals surface area contributed by atoms with Crippen molar-refractivity contribution in [1.82, 2.24) is 10.6 Å². The van der Waals surface area contributed by atoms with Crippen LogP contribution in [0.4, 0.5) is 16.2 Å². The van der Waals surface area contributed by atoms with Crippen LogP contribution in [-0.2, 0) is 14.3 Å². The van der Waals surface area contributed by atoms with E-state index in [9.17, 15) is 24.5 Å². The van der Waals surface area contributed by atoms with Crippen LogP contribution >= 0.6 is 11.3 Å². The van der Waals surface area contributed by atoms with Gasteiger partial charge in [0.1, 0.15) is 12.3 Å². The molecule has 2 heterocycles. The van der Waals surface area contributed by atoms with E-state index in [4.69, 9.17) is 9.47 Å². The lowest BCUT2D eigenvalue weighted by molar-refractivity contribution is -0.384. The summed E-state index contributed by atoms with van der Waals surface area (Å²) in [5, 5.41) is 21.2. The lowest BCUT2D eigenvalue weighted by Crippen LogP contribution is -2.46. The molecule has 1 aromatic carbocycles. The van der Waals surface area contributed by atoms with Crippen LogP contribution in [0.3, 0.4) is 0 Å². The van der Waals surface area contributed by atoms with E-state index in [-0.39, 0.29) is 34.8 Å². The predicted molar refractivity (Wildman–Crippen MR) is 120 cm³/mol. The molecule has 3 rings (SSSR count). The van der Waals surface area contributed by atoms with Gasteiger partial charge in [0.2, 0.25) is 0 Å². The molecule has 2 aromatic rings. The summed E-state index contributed by atoms with van der Waals surface area (Å²) in [6.07, 6.45) is 0. The zero-order valence-electron chi connectivity index (χ0n) is 17.9. The summed E-state index contributed by atoms with van der Waals surface area (Å²) in [5.74, 6) is -1.52. The molecule has 0 bridgehead atoms. The van der Waals surface area contributed by atoms with Crippen molar-refractivity contribution in [3.8, 4) is 0 Å². The minimum Gasteiger partial charge on any atom is -0.463 e. The number of hydrogen-bond acceptors (Lipinski definition) is 9. The van der Waals surface area contributed by atoms with Gasteiger partial charge >= 0.3 is 18.0 Å². The number of hydrogen-bond donors (Lipinski definition) is 3. The molecule has 1 atom stereocenters. The summed E-state index contributed by atoms with van der Waals surface area (Å²) in [6.45, 7) is 3.58. The van der Waals surface area contributed by atoms with Crippen LogP contribution in [0.5, 0.6) is 0 Å². The normalized spacial score (nSPS) is 15.3. The molecule has 12 heteroatoms. The molecule has 1 aliphatic rings. The van der Waals surface area contributed by atoms with Gasteiger partial charge in [0.25, 0.3) is 5.69 Å². The van der Waals surface area contributed by atoms with Gasteiger partial charge in [-0.05, 0) is 37.4 Å². The quantitative estimate of drug-likeness (QED) is 0.285. The maximum absolute atomic E-state index is 12.7. The Hall–Kier alpha value is -3.93. The first-order valence-corrected chi connectivity index (χ1v) is 10.9. The molecule has 0 saturated carbocycles. The molecule has 2 amide bonds. The Kier molecular flexibility index (Phi) is 7.61. The van der Waals surface area contributed by atoms with Crippen LogP contribution < -0.4 is 16.0 Å². The molecular formula is C21H22N4O7S. The van der Waals surface area contributed by atoms with Crippen molar-refractivity contribution < 1.29 is 28.8 Å². The van der Waals surface area contributed by atoms with Crippen molar-refractivity contribution in [3.63, 3.8) is 0 Å². The van der Waals surface area contributed by atoms with Crippen LogP contribution in [0.25, 0.3) is 0 Å². The zero-order chi connectivity index (χ0) is 24.0. The molecule has 1 aliphatic heterocycles. The molecule has 174 valence electrons. The number of nitrogens with one attached hydrogen (secondary N) is 3. The smallest absolute Gasteiger partial charge is 0.338 e. The number of rotatable bonds is 9. The highest BCUT2D eigenvalue weighted by molar-refractivity contribution is 7.10. The fourth-order valence-corrected chi connectivity index (χ4v) is 4.01. The number of carbonyl (C=O) groups excluding carboxylic acids is 3. The predicted octanol–water partition coefficient (Wildman–Crippen LogP) is 3.12. The Labute approximate surface area is 192 Å². The van der Waals surface area contributed by atoms with Crippen molar-refractivity contribution in [2.75, 3.05) is 25.1 Å². The highest BCUT2D eigenvalue weighted by Gasteiger charge is 2.34. The molecule has 0 unspecified atom stereocenters. The maximum atomic E-state index is 12.7. The van der Waals surface area contributed by atoms with E-state index in [0.29, 0.717) is 11.4 Å². The summed E-state index contributed by atoms with van der Waals surface area (Å²) in [5.41, 5.74) is 0.140. The van der Waals surface area contributed by atoms with E-state index in [1.807, 2.05) is 0 Å². The molecule has 11 nitrogen and oxygen atoms in total. The summed E-state index contributed by atoms with van der Waals surface area (Å²) in [6, 6.07) is 6.11. The van der Waals surface area contributed by atoms with Gasteiger partial charge in [0.15, 0.2) is 0 Å². The number of thiophene rings is 1. The average molecular weight is 474 g/mol. The monoisotopic (exact) mass is 474 g/mol. The number of nitro groups is 1. The average Bonchev–Trinajstić information content (AvgIpc) is 3.32. The second kappa shape index (κ2) is 10.6. The van der Waals surface area contributed by atoms with Gasteiger partial charge in [-0.3, -0.25) is 10.1 Å². The van der Waals surface area contributed by atoms with Crippen LogP contribution in [0.2, 0.25) is 0 Å². The van der Waals surface area contributed by atoms with Crippen LogP contribution in [0.1, 0.15) is 35.1 Å². The van der Waals surface area contributed by atoms with Crippen molar-refractivity contribution >= 4 is 40.7 Å². The molecule has 3 N–H and O–H groups in total. The second-order valence-electron chi connectivity index (χ2n) is 6.76.